The van der Waals surface area contributed by atoms with E-state index in [1.165, 1.54) is 32.1 Å². The van der Waals surface area contributed by atoms with Crippen molar-refractivity contribution in [2.45, 2.75) is 72.3 Å². The lowest BCUT2D eigenvalue weighted by molar-refractivity contribution is 0.0473. The fourth-order valence-corrected chi connectivity index (χ4v) is 3.27. The smallest absolute Gasteiger partial charge is 0.0497 e. The van der Waals surface area contributed by atoms with Crippen LogP contribution in [-0.2, 0) is 4.74 Å². The zero-order valence-electron chi connectivity index (χ0n) is 13.8. The van der Waals surface area contributed by atoms with Gasteiger partial charge in [-0.05, 0) is 64.8 Å². The maximum atomic E-state index is 5.73. The molecule has 0 aromatic heterocycles. The van der Waals surface area contributed by atoms with Crippen molar-refractivity contribution in [3.63, 3.8) is 0 Å². The molecule has 1 saturated carbocycles. The first-order chi connectivity index (χ1) is 8.96. The monoisotopic (exact) mass is 269 g/mol. The minimum absolute atomic E-state index is 0.233. The number of rotatable bonds is 7. The first kappa shape index (κ1) is 17.0. The third-order valence-electron chi connectivity index (χ3n) is 4.38. The molecule has 2 nitrogen and oxygen atoms in total. The molecule has 0 heterocycles. The molecule has 0 aromatic rings. The van der Waals surface area contributed by atoms with Gasteiger partial charge < -0.3 is 10.1 Å². The first-order valence-electron chi connectivity index (χ1n) is 8.29. The molecule has 1 aliphatic rings. The van der Waals surface area contributed by atoms with Gasteiger partial charge >= 0.3 is 0 Å². The Balaban J connectivity index is 2.47. The Morgan fingerprint density at radius 3 is 2.42 bits per heavy atom. The van der Waals surface area contributed by atoms with Crippen LogP contribution < -0.4 is 5.32 Å². The molecule has 3 atom stereocenters. The Kier molecular flexibility index (Phi) is 7.38. The highest BCUT2D eigenvalue weighted by molar-refractivity contribution is 4.83. The van der Waals surface area contributed by atoms with Gasteiger partial charge in [0.05, 0.1) is 0 Å². The Labute approximate surface area is 120 Å². The van der Waals surface area contributed by atoms with Crippen molar-refractivity contribution in [3.05, 3.63) is 0 Å². The van der Waals surface area contributed by atoms with Crippen molar-refractivity contribution in [3.8, 4) is 0 Å². The normalized spacial score (nSPS) is 28.6. The maximum Gasteiger partial charge on any atom is 0.0497 e. The van der Waals surface area contributed by atoms with Crippen LogP contribution in [0.25, 0.3) is 0 Å². The van der Waals surface area contributed by atoms with Gasteiger partial charge in [0.25, 0.3) is 0 Å². The van der Waals surface area contributed by atoms with Gasteiger partial charge in [-0.1, -0.05) is 26.2 Å². The Hall–Kier alpha value is -0.0800. The molecule has 1 rings (SSSR count). The van der Waals surface area contributed by atoms with Gasteiger partial charge in [-0.15, -0.1) is 0 Å². The highest BCUT2D eigenvalue weighted by Crippen LogP contribution is 2.36. The molecule has 0 saturated heterocycles. The van der Waals surface area contributed by atoms with Crippen LogP contribution in [0, 0.1) is 17.8 Å². The summed E-state index contributed by atoms with van der Waals surface area (Å²) in [6.45, 7) is 14.2. The van der Waals surface area contributed by atoms with E-state index < -0.39 is 0 Å². The lowest BCUT2D eigenvalue weighted by Crippen LogP contribution is -2.43. The number of hydrogen-bond donors (Lipinski definition) is 1. The molecule has 0 amide bonds. The summed E-state index contributed by atoms with van der Waals surface area (Å²) < 4.78 is 5.73. The van der Waals surface area contributed by atoms with E-state index in [0.29, 0.717) is 0 Å². The molecule has 1 aliphatic carbocycles. The molecule has 0 spiro atoms. The SMILES string of the molecule is CCCC1CCC(CNC(C)(C)C)C(COCC)C1. The lowest BCUT2D eigenvalue weighted by atomic mass is 9.73. The summed E-state index contributed by atoms with van der Waals surface area (Å²) >= 11 is 0. The Morgan fingerprint density at radius 1 is 1.11 bits per heavy atom. The van der Waals surface area contributed by atoms with Crippen LogP contribution >= 0.6 is 0 Å². The summed E-state index contributed by atoms with van der Waals surface area (Å²) in [5.41, 5.74) is 0.233. The number of ether oxygens (including phenoxy) is 1. The second-order valence-electron chi connectivity index (χ2n) is 7.28. The van der Waals surface area contributed by atoms with E-state index in [2.05, 4.69) is 39.9 Å². The van der Waals surface area contributed by atoms with Gasteiger partial charge in [-0.2, -0.15) is 0 Å². The number of nitrogens with one attached hydrogen (secondary N) is 1. The zero-order valence-corrected chi connectivity index (χ0v) is 13.8. The van der Waals surface area contributed by atoms with E-state index in [1.54, 1.807) is 0 Å². The summed E-state index contributed by atoms with van der Waals surface area (Å²) in [6.07, 6.45) is 6.92. The highest BCUT2D eigenvalue weighted by atomic mass is 16.5. The summed E-state index contributed by atoms with van der Waals surface area (Å²) in [6, 6.07) is 0. The summed E-state index contributed by atoms with van der Waals surface area (Å²) in [7, 11) is 0. The van der Waals surface area contributed by atoms with E-state index in [-0.39, 0.29) is 5.54 Å². The van der Waals surface area contributed by atoms with Gasteiger partial charge in [0.15, 0.2) is 0 Å². The van der Waals surface area contributed by atoms with Crippen LogP contribution in [0.2, 0.25) is 0 Å². The molecule has 2 heteroatoms. The molecule has 3 unspecified atom stereocenters. The molecule has 0 aromatic carbocycles. The van der Waals surface area contributed by atoms with Gasteiger partial charge in [0.1, 0.15) is 0 Å². The van der Waals surface area contributed by atoms with E-state index in [0.717, 1.165) is 37.5 Å². The van der Waals surface area contributed by atoms with Crippen molar-refractivity contribution < 1.29 is 4.74 Å². The van der Waals surface area contributed by atoms with Gasteiger partial charge in [-0.3, -0.25) is 0 Å². The fourth-order valence-electron chi connectivity index (χ4n) is 3.27. The van der Waals surface area contributed by atoms with E-state index >= 15 is 0 Å². The second-order valence-corrected chi connectivity index (χ2v) is 7.28. The zero-order chi connectivity index (χ0) is 14.3. The van der Waals surface area contributed by atoms with E-state index in [4.69, 9.17) is 4.74 Å². The lowest BCUT2D eigenvalue weighted by Gasteiger charge is -2.37. The molecular weight excluding hydrogens is 234 g/mol. The maximum absolute atomic E-state index is 5.73. The van der Waals surface area contributed by atoms with Gasteiger partial charge in [0, 0.05) is 18.8 Å². The van der Waals surface area contributed by atoms with Crippen LogP contribution in [0.1, 0.15) is 66.7 Å². The third kappa shape index (κ3) is 6.76. The summed E-state index contributed by atoms with van der Waals surface area (Å²) in [5, 5.41) is 3.69. The molecular formula is C17H35NO. The fraction of sp³-hybridized carbons (Fsp3) is 1.00. The summed E-state index contributed by atoms with van der Waals surface area (Å²) in [4.78, 5) is 0. The van der Waals surface area contributed by atoms with Crippen LogP contribution in [0.5, 0.6) is 0 Å². The van der Waals surface area contributed by atoms with Crippen LogP contribution in [0.3, 0.4) is 0 Å². The average molecular weight is 269 g/mol. The Morgan fingerprint density at radius 2 is 1.84 bits per heavy atom. The topological polar surface area (TPSA) is 21.3 Å². The quantitative estimate of drug-likeness (QED) is 0.746. The summed E-state index contributed by atoms with van der Waals surface area (Å²) in [5.74, 6) is 2.51. The second kappa shape index (κ2) is 8.26. The van der Waals surface area contributed by atoms with Crippen LogP contribution in [0.4, 0.5) is 0 Å². The van der Waals surface area contributed by atoms with Crippen molar-refractivity contribution in [2.24, 2.45) is 17.8 Å². The van der Waals surface area contributed by atoms with Gasteiger partial charge in [-0.25, -0.2) is 0 Å². The molecule has 114 valence electrons. The van der Waals surface area contributed by atoms with E-state index in [9.17, 15) is 0 Å². The highest BCUT2D eigenvalue weighted by Gasteiger charge is 2.30. The molecule has 0 radical (unpaired) electrons. The Bertz CT molecular complexity index is 234. The predicted molar refractivity (Wildman–Crippen MR) is 83.5 cm³/mol. The van der Waals surface area contributed by atoms with Crippen LogP contribution in [-0.4, -0.2) is 25.3 Å². The van der Waals surface area contributed by atoms with E-state index in [1.807, 2.05) is 0 Å². The standard InChI is InChI=1S/C17H35NO/c1-6-8-14-9-10-15(12-18-17(3,4)5)16(11-14)13-19-7-2/h14-16,18H,6-13H2,1-5H3. The molecule has 19 heavy (non-hydrogen) atoms. The molecule has 1 fully saturated rings. The minimum Gasteiger partial charge on any atom is -0.381 e. The average Bonchev–Trinajstić information content (AvgIpc) is 2.34. The molecule has 1 N–H and O–H groups in total. The van der Waals surface area contributed by atoms with Crippen molar-refractivity contribution in [1.82, 2.24) is 5.32 Å². The minimum atomic E-state index is 0.233. The van der Waals surface area contributed by atoms with Gasteiger partial charge in [0.2, 0.25) is 0 Å². The molecule has 0 aliphatic heterocycles. The van der Waals surface area contributed by atoms with Crippen molar-refractivity contribution in [1.29, 1.82) is 0 Å². The largest absolute Gasteiger partial charge is 0.381 e. The van der Waals surface area contributed by atoms with Crippen molar-refractivity contribution in [2.75, 3.05) is 19.8 Å². The molecule has 0 bridgehead atoms. The van der Waals surface area contributed by atoms with Crippen molar-refractivity contribution >= 4 is 0 Å². The third-order valence-corrected chi connectivity index (χ3v) is 4.38. The first-order valence-corrected chi connectivity index (χ1v) is 8.29. The van der Waals surface area contributed by atoms with Crippen LogP contribution in [0.15, 0.2) is 0 Å². The number of hydrogen-bond acceptors (Lipinski definition) is 2. The predicted octanol–water partition coefficient (Wildman–Crippen LogP) is 4.24.